The summed E-state index contributed by atoms with van der Waals surface area (Å²) in [6.45, 7) is 19.1. The van der Waals surface area contributed by atoms with E-state index in [-0.39, 0.29) is 23.3 Å². The molecule has 0 saturated carbocycles. The van der Waals surface area contributed by atoms with Gasteiger partial charge in [0.25, 0.3) is 7.14 Å². The maximum Gasteiger partial charge on any atom is 0.252 e. The minimum absolute atomic E-state index is 0.0481. The van der Waals surface area contributed by atoms with Crippen LogP contribution in [-0.4, -0.2) is 23.3 Å². The summed E-state index contributed by atoms with van der Waals surface area (Å²) in [6.07, 6.45) is 1.21. The van der Waals surface area contributed by atoms with Crippen molar-refractivity contribution in [2.24, 2.45) is 0 Å². The van der Waals surface area contributed by atoms with Gasteiger partial charge in [-0.1, -0.05) is 49.2 Å². The zero-order valence-electron chi connectivity index (χ0n) is 25.6. The van der Waals surface area contributed by atoms with Crippen LogP contribution in [0.2, 0.25) is 0 Å². The Morgan fingerprint density at radius 1 is 0.675 bits per heavy atom. The summed E-state index contributed by atoms with van der Waals surface area (Å²) in [5.41, 5.74) is 4.03. The van der Waals surface area contributed by atoms with E-state index >= 15 is 4.57 Å². The minimum Gasteiger partial charge on any atom is -0.491 e. The Bertz CT molecular complexity index is 1370. The number of carbonyl (C=O) groups is 2. The number of benzene rings is 3. The van der Waals surface area contributed by atoms with Gasteiger partial charge in [0.1, 0.15) is 11.5 Å². The van der Waals surface area contributed by atoms with Gasteiger partial charge in [-0.15, -0.1) is 0 Å². The van der Waals surface area contributed by atoms with Gasteiger partial charge in [0.2, 0.25) is 11.0 Å². The molecule has 0 fully saturated rings. The zero-order valence-corrected chi connectivity index (χ0v) is 26.5. The molecular weight excluding hydrogens is 519 g/mol. The lowest BCUT2D eigenvalue weighted by atomic mass is 10.0. The van der Waals surface area contributed by atoms with Gasteiger partial charge < -0.3 is 14.0 Å². The molecule has 3 rings (SSSR count). The highest BCUT2D eigenvalue weighted by Crippen LogP contribution is 2.55. The van der Waals surface area contributed by atoms with Crippen molar-refractivity contribution in [3.63, 3.8) is 0 Å². The van der Waals surface area contributed by atoms with Crippen molar-refractivity contribution < 1.29 is 23.6 Å². The van der Waals surface area contributed by atoms with Crippen molar-refractivity contribution in [2.45, 2.75) is 94.3 Å². The van der Waals surface area contributed by atoms with Crippen LogP contribution < -0.4 is 14.8 Å². The molecule has 3 aromatic carbocycles. The third-order valence-electron chi connectivity index (χ3n) is 7.44. The van der Waals surface area contributed by atoms with Crippen LogP contribution in [0.15, 0.2) is 42.5 Å². The van der Waals surface area contributed by atoms with Crippen molar-refractivity contribution in [3.8, 4) is 11.5 Å². The van der Waals surface area contributed by atoms with E-state index in [9.17, 15) is 9.59 Å². The van der Waals surface area contributed by atoms with Crippen molar-refractivity contribution >= 4 is 23.5 Å². The van der Waals surface area contributed by atoms with E-state index in [1.165, 1.54) is 0 Å². The van der Waals surface area contributed by atoms with Crippen LogP contribution in [0.25, 0.3) is 0 Å². The van der Waals surface area contributed by atoms with Gasteiger partial charge in [0, 0.05) is 17.2 Å². The zero-order chi connectivity index (χ0) is 29.9. The predicted molar refractivity (Wildman–Crippen MR) is 164 cm³/mol. The number of rotatable bonds is 11. The molecule has 40 heavy (non-hydrogen) atoms. The van der Waals surface area contributed by atoms with Crippen LogP contribution in [-0.2, 0) is 4.57 Å². The first-order valence-corrected chi connectivity index (χ1v) is 15.8. The molecule has 0 aliphatic heterocycles. The maximum atomic E-state index is 15.5. The van der Waals surface area contributed by atoms with Gasteiger partial charge in [-0.05, 0) is 103 Å². The second kappa shape index (κ2) is 12.6. The smallest absolute Gasteiger partial charge is 0.252 e. The van der Waals surface area contributed by atoms with E-state index in [0.29, 0.717) is 45.6 Å². The Morgan fingerprint density at radius 3 is 1.48 bits per heavy atom. The lowest BCUT2D eigenvalue weighted by molar-refractivity contribution is 0.103. The number of ether oxygens (including phenoxy) is 2. The van der Waals surface area contributed by atoms with Crippen LogP contribution >= 0.6 is 7.14 Å². The molecule has 6 heteroatoms. The van der Waals surface area contributed by atoms with Gasteiger partial charge in [-0.25, -0.2) is 0 Å². The van der Waals surface area contributed by atoms with E-state index in [0.717, 1.165) is 17.5 Å². The highest BCUT2D eigenvalue weighted by molar-refractivity contribution is 8.01. The fourth-order valence-corrected chi connectivity index (χ4v) is 7.87. The monoisotopic (exact) mass is 562 g/mol. The topological polar surface area (TPSA) is 69.7 Å². The van der Waals surface area contributed by atoms with Gasteiger partial charge >= 0.3 is 0 Å². The third kappa shape index (κ3) is 6.25. The standard InChI is InChI=1S/C34H43O5P/c1-11-26(9)38-28-13-14-30(29(19-28)39-27(10)12-2)40(37,33(35)31-22(5)15-20(3)16-23(31)6)34(36)32-24(7)17-21(4)18-25(32)8/h13-19,26-27H,11-12H2,1-10H3. The molecule has 0 aliphatic rings. The molecule has 2 unspecified atom stereocenters. The van der Waals surface area contributed by atoms with Crippen molar-refractivity contribution in [2.75, 3.05) is 0 Å². The summed E-state index contributed by atoms with van der Waals surface area (Å²) >= 11 is 0. The highest BCUT2D eigenvalue weighted by atomic mass is 31.2. The quantitative estimate of drug-likeness (QED) is 0.219. The molecule has 0 heterocycles. The lowest BCUT2D eigenvalue weighted by Gasteiger charge is -2.25. The van der Waals surface area contributed by atoms with E-state index in [1.54, 1.807) is 18.2 Å². The molecule has 3 aromatic rings. The molecule has 214 valence electrons. The summed E-state index contributed by atoms with van der Waals surface area (Å²) in [4.78, 5) is 29.1. The van der Waals surface area contributed by atoms with Crippen LogP contribution in [0.5, 0.6) is 11.5 Å². The number of aryl methyl sites for hydroxylation is 6. The van der Waals surface area contributed by atoms with E-state index in [1.807, 2.05) is 93.5 Å². The first-order chi connectivity index (χ1) is 18.7. The minimum atomic E-state index is -4.46. The van der Waals surface area contributed by atoms with E-state index in [4.69, 9.17) is 9.47 Å². The predicted octanol–water partition coefficient (Wildman–Crippen LogP) is 8.56. The molecule has 5 nitrogen and oxygen atoms in total. The molecule has 0 spiro atoms. The summed E-state index contributed by atoms with van der Waals surface area (Å²) in [5.74, 6) is 0.776. The molecule has 0 aromatic heterocycles. The number of hydrogen-bond donors (Lipinski definition) is 0. The molecular formula is C34H43O5P. The Balaban J connectivity index is 2.39. The number of carbonyl (C=O) groups excluding carboxylic acids is 2. The summed E-state index contributed by atoms with van der Waals surface area (Å²) in [7, 11) is -4.46. The first-order valence-electron chi connectivity index (χ1n) is 14.1. The van der Waals surface area contributed by atoms with Gasteiger partial charge in [-0.2, -0.15) is 0 Å². The Kier molecular flexibility index (Phi) is 9.85. The third-order valence-corrected chi connectivity index (χ3v) is 10.1. The maximum absolute atomic E-state index is 15.5. The first kappa shape index (κ1) is 31.4. The van der Waals surface area contributed by atoms with Crippen LogP contribution in [0.4, 0.5) is 0 Å². The summed E-state index contributed by atoms with van der Waals surface area (Å²) in [6, 6.07) is 12.5. The SMILES string of the molecule is CCC(C)Oc1ccc(P(=O)(C(=O)c2c(C)cc(C)cc2C)C(=O)c2c(C)cc(C)cc2C)c(OC(C)CC)c1. The molecule has 0 radical (unpaired) electrons. The fraction of sp³-hybridized carbons (Fsp3) is 0.412. The summed E-state index contributed by atoms with van der Waals surface area (Å²) in [5, 5.41) is 0.109. The van der Waals surface area contributed by atoms with E-state index in [2.05, 4.69) is 0 Å². The van der Waals surface area contributed by atoms with E-state index < -0.39 is 18.2 Å². The lowest BCUT2D eigenvalue weighted by Crippen LogP contribution is -2.26. The average Bonchev–Trinajstić information content (AvgIpc) is 2.86. The Hall–Kier alpha value is -3.17. The van der Waals surface area contributed by atoms with Crippen molar-refractivity contribution in [1.29, 1.82) is 0 Å². The normalized spacial score (nSPS) is 13.1. The molecule has 0 saturated heterocycles. The Labute approximate surface area is 239 Å². The highest BCUT2D eigenvalue weighted by Gasteiger charge is 2.47. The van der Waals surface area contributed by atoms with Gasteiger partial charge in [0.15, 0.2) is 0 Å². The molecule has 0 N–H and O–H groups in total. The fourth-order valence-electron chi connectivity index (χ4n) is 5.20. The van der Waals surface area contributed by atoms with Crippen molar-refractivity contribution in [3.05, 3.63) is 87.0 Å². The molecule has 0 amide bonds. The second-order valence-corrected chi connectivity index (χ2v) is 13.6. The molecule has 0 aliphatic carbocycles. The van der Waals surface area contributed by atoms with Gasteiger partial charge in [0.05, 0.1) is 17.5 Å². The largest absolute Gasteiger partial charge is 0.491 e. The molecule has 2 atom stereocenters. The average molecular weight is 563 g/mol. The summed E-state index contributed by atoms with van der Waals surface area (Å²) < 4.78 is 27.8. The second-order valence-electron chi connectivity index (χ2n) is 11.1. The van der Waals surface area contributed by atoms with Crippen LogP contribution in [0.3, 0.4) is 0 Å². The van der Waals surface area contributed by atoms with Crippen LogP contribution in [0, 0.1) is 41.5 Å². The van der Waals surface area contributed by atoms with Crippen LogP contribution in [0.1, 0.15) is 94.6 Å². The Morgan fingerprint density at radius 2 is 1.07 bits per heavy atom. The molecule has 0 bridgehead atoms. The van der Waals surface area contributed by atoms with Gasteiger partial charge in [-0.3, -0.25) is 9.59 Å². The van der Waals surface area contributed by atoms with Crippen molar-refractivity contribution in [1.82, 2.24) is 0 Å². The number of hydrogen-bond acceptors (Lipinski definition) is 5.